The van der Waals surface area contributed by atoms with Crippen LogP contribution in [0.15, 0.2) is 0 Å². The average Bonchev–Trinajstić information content (AvgIpc) is 2.01. The fourth-order valence-electron chi connectivity index (χ4n) is 0.513. The molecule has 0 aromatic rings. The fourth-order valence-corrected chi connectivity index (χ4v) is 1.72. The molecule has 0 spiro atoms. The number of hydrogen-bond donors (Lipinski definition) is 1. The van der Waals surface area contributed by atoms with Crippen LogP contribution in [0.5, 0.6) is 0 Å². The predicted molar refractivity (Wildman–Crippen MR) is 59.7 cm³/mol. The van der Waals surface area contributed by atoms with Crippen molar-refractivity contribution in [2.24, 2.45) is 0 Å². The van der Waals surface area contributed by atoms with Crippen LogP contribution in [0.25, 0.3) is 0 Å². The van der Waals surface area contributed by atoms with Crippen LogP contribution in [-0.2, 0) is 10.0 Å². The molecule has 0 saturated heterocycles. The molecule has 0 atom stereocenters. The van der Waals surface area contributed by atoms with E-state index in [4.69, 9.17) is 0 Å². The van der Waals surface area contributed by atoms with E-state index in [1.54, 1.807) is 25.6 Å². The summed E-state index contributed by atoms with van der Waals surface area (Å²) < 4.78 is 25.3. The molecule has 0 aromatic carbocycles. The Labute approximate surface area is 85.7 Å². The highest BCUT2D eigenvalue weighted by molar-refractivity contribution is 8.00. The standard InChI is InChI=1S/C8H19NO2S2/c1-7(2)13(10,11)9-6-8(3,4)12-5/h7,9H,6H2,1-5H3. The molecule has 0 amide bonds. The summed E-state index contributed by atoms with van der Waals surface area (Å²) in [6, 6.07) is 0. The van der Waals surface area contributed by atoms with Crippen molar-refractivity contribution in [1.82, 2.24) is 4.72 Å². The highest BCUT2D eigenvalue weighted by Crippen LogP contribution is 2.20. The quantitative estimate of drug-likeness (QED) is 0.770. The molecule has 0 aromatic heterocycles. The molecule has 0 saturated carbocycles. The maximum absolute atomic E-state index is 11.4. The van der Waals surface area contributed by atoms with Gasteiger partial charge in [0.05, 0.1) is 5.25 Å². The van der Waals surface area contributed by atoms with Gasteiger partial charge in [0.1, 0.15) is 0 Å². The Balaban J connectivity index is 4.19. The smallest absolute Gasteiger partial charge is 0.213 e. The first-order valence-electron chi connectivity index (χ1n) is 4.25. The van der Waals surface area contributed by atoms with Gasteiger partial charge in [-0.05, 0) is 34.0 Å². The van der Waals surface area contributed by atoms with Crippen LogP contribution in [0.1, 0.15) is 27.7 Å². The van der Waals surface area contributed by atoms with Crippen molar-refractivity contribution in [3.05, 3.63) is 0 Å². The predicted octanol–water partition coefficient (Wildman–Crippen LogP) is 1.46. The Morgan fingerprint density at radius 3 is 2.15 bits per heavy atom. The van der Waals surface area contributed by atoms with E-state index < -0.39 is 10.0 Å². The van der Waals surface area contributed by atoms with Gasteiger partial charge in [0.2, 0.25) is 10.0 Å². The minimum absolute atomic E-state index is 0.0397. The lowest BCUT2D eigenvalue weighted by Crippen LogP contribution is -2.39. The summed E-state index contributed by atoms with van der Waals surface area (Å²) in [7, 11) is -3.10. The zero-order valence-corrected chi connectivity index (χ0v) is 10.6. The van der Waals surface area contributed by atoms with Crippen molar-refractivity contribution in [2.45, 2.75) is 37.7 Å². The van der Waals surface area contributed by atoms with Gasteiger partial charge < -0.3 is 0 Å². The number of thioether (sulfide) groups is 1. The summed E-state index contributed by atoms with van der Waals surface area (Å²) >= 11 is 1.65. The summed E-state index contributed by atoms with van der Waals surface area (Å²) in [5, 5.41) is -0.356. The molecule has 0 radical (unpaired) electrons. The molecule has 0 unspecified atom stereocenters. The Bertz CT molecular complexity index is 245. The van der Waals surface area contributed by atoms with Crippen LogP contribution in [-0.4, -0.2) is 31.2 Å². The molecule has 0 aliphatic heterocycles. The van der Waals surface area contributed by atoms with E-state index in [1.165, 1.54) is 0 Å². The van der Waals surface area contributed by atoms with Crippen molar-refractivity contribution in [3.8, 4) is 0 Å². The Morgan fingerprint density at radius 1 is 1.38 bits per heavy atom. The molecule has 80 valence electrons. The monoisotopic (exact) mass is 225 g/mol. The molecule has 0 aliphatic carbocycles. The first kappa shape index (κ1) is 13.3. The second-order valence-corrected chi connectivity index (χ2v) is 7.71. The number of sulfonamides is 1. The van der Waals surface area contributed by atoms with Gasteiger partial charge in [-0.15, -0.1) is 0 Å². The first-order valence-corrected chi connectivity index (χ1v) is 7.02. The van der Waals surface area contributed by atoms with Gasteiger partial charge in [-0.3, -0.25) is 0 Å². The van der Waals surface area contributed by atoms with E-state index in [2.05, 4.69) is 4.72 Å². The van der Waals surface area contributed by atoms with Gasteiger partial charge in [0.25, 0.3) is 0 Å². The van der Waals surface area contributed by atoms with Crippen molar-refractivity contribution < 1.29 is 8.42 Å². The summed E-state index contributed by atoms with van der Waals surface area (Å²) in [5.74, 6) is 0. The zero-order chi connectivity index (χ0) is 10.7. The molecule has 0 aliphatic rings. The highest BCUT2D eigenvalue weighted by Gasteiger charge is 2.21. The third-order valence-electron chi connectivity index (χ3n) is 1.87. The lowest BCUT2D eigenvalue weighted by atomic mass is 10.2. The molecular weight excluding hydrogens is 206 g/mol. The van der Waals surface area contributed by atoms with Crippen molar-refractivity contribution in [3.63, 3.8) is 0 Å². The number of rotatable bonds is 5. The second-order valence-electron chi connectivity index (χ2n) is 3.88. The maximum Gasteiger partial charge on any atom is 0.213 e. The Hall–Kier alpha value is 0.260. The largest absolute Gasteiger partial charge is 0.214 e. The molecule has 13 heavy (non-hydrogen) atoms. The maximum atomic E-state index is 11.4. The van der Waals surface area contributed by atoms with Crippen LogP contribution in [0, 0.1) is 0 Å². The molecule has 0 bridgehead atoms. The van der Waals surface area contributed by atoms with Crippen molar-refractivity contribution in [1.29, 1.82) is 0 Å². The van der Waals surface area contributed by atoms with E-state index >= 15 is 0 Å². The fraction of sp³-hybridized carbons (Fsp3) is 1.00. The third-order valence-corrected chi connectivity index (χ3v) is 4.91. The van der Waals surface area contributed by atoms with Crippen LogP contribution in [0.2, 0.25) is 0 Å². The van der Waals surface area contributed by atoms with Gasteiger partial charge in [0.15, 0.2) is 0 Å². The van der Waals surface area contributed by atoms with Crippen molar-refractivity contribution >= 4 is 21.8 Å². The van der Waals surface area contributed by atoms with Crippen LogP contribution < -0.4 is 4.72 Å². The normalized spacial score (nSPS) is 13.7. The molecular formula is C8H19NO2S2. The molecule has 0 rings (SSSR count). The van der Waals surface area contributed by atoms with Crippen molar-refractivity contribution in [2.75, 3.05) is 12.8 Å². The van der Waals surface area contributed by atoms with E-state index in [9.17, 15) is 8.42 Å². The molecule has 5 heteroatoms. The summed E-state index contributed by atoms with van der Waals surface area (Å²) in [4.78, 5) is 0. The van der Waals surface area contributed by atoms with Crippen LogP contribution >= 0.6 is 11.8 Å². The van der Waals surface area contributed by atoms with Crippen LogP contribution in [0.4, 0.5) is 0 Å². The Kier molecular flexibility index (Phi) is 4.76. The minimum atomic E-state index is -3.10. The number of nitrogens with one attached hydrogen (secondary N) is 1. The van der Waals surface area contributed by atoms with Gasteiger partial charge >= 0.3 is 0 Å². The molecule has 0 fully saturated rings. The van der Waals surface area contributed by atoms with Gasteiger partial charge in [-0.2, -0.15) is 11.8 Å². The molecule has 3 nitrogen and oxygen atoms in total. The Morgan fingerprint density at radius 2 is 1.85 bits per heavy atom. The lowest BCUT2D eigenvalue weighted by molar-refractivity contribution is 0.562. The highest BCUT2D eigenvalue weighted by atomic mass is 32.2. The minimum Gasteiger partial charge on any atom is -0.214 e. The summed E-state index contributed by atoms with van der Waals surface area (Å²) in [6.45, 7) is 7.86. The average molecular weight is 225 g/mol. The van der Waals surface area contributed by atoms with Gasteiger partial charge in [0, 0.05) is 11.3 Å². The first-order chi connectivity index (χ1) is 5.71. The van der Waals surface area contributed by atoms with E-state index in [1.807, 2.05) is 20.1 Å². The molecule has 0 heterocycles. The van der Waals surface area contributed by atoms with Gasteiger partial charge in [-0.1, -0.05) is 0 Å². The zero-order valence-electron chi connectivity index (χ0n) is 8.92. The van der Waals surface area contributed by atoms with E-state index in [0.29, 0.717) is 6.54 Å². The number of hydrogen-bond acceptors (Lipinski definition) is 3. The van der Waals surface area contributed by atoms with Gasteiger partial charge in [-0.25, -0.2) is 13.1 Å². The van der Waals surface area contributed by atoms with E-state index in [-0.39, 0.29) is 10.00 Å². The molecule has 1 N–H and O–H groups in total. The summed E-state index contributed by atoms with van der Waals surface area (Å²) in [6.07, 6.45) is 1.98. The third kappa shape index (κ3) is 4.88. The summed E-state index contributed by atoms with van der Waals surface area (Å²) in [5.41, 5.74) is 0. The lowest BCUT2D eigenvalue weighted by Gasteiger charge is -2.22. The second kappa shape index (κ2) is 4.66. The SMILES string of the molecule is CSC(C)(C)CNS(=O)(=O)C(C)C. The van der Waals surface area contributed by atoms with E-state index in [0.717, 1.165) is 0 Å². The van der Waals surface area contributed by atoms with Crippen LogP contribution in [0.3, 0.4) is 0 Å². The topological polar surface area (TPSA) is 46.2 Å².